The highest BCUT2D eigenvalue weighted by atomic mass is 19.4. The van der Waals surface area contributed by atoms with Gasteiger partial charge in [-0.15, -0.1) is 26.3 Å². The van der Waals surface area contributed by atoms with Crippen LogP contribution in [0.5, 0.6) is 0 Å². The molecule has 0 spiro atoms. The van der Waals surface area contributed by atoms with Crippen LogP contribution in [0.3, 0.4) is 0 Å². The zero-order valence-electron chi connectivity index (χ0n) is 5.92. The van der Waals surface area contributed by atoms with Gasteiger partial charge in [-0.3, -0.25) is 0 Å². The largest absolute Gasteiger partial charge is 0.505 e. The van der Waals surface area contributed by atoms with E-state index >= 15 is 0 Å². The molecule has 0 saturated carbocycles. The highest BCUT2D eigenvalue weighted by Gasteiger charge is 2.32. The number of hydrogen-bond donors (Lipinski definition) is 0. The Morgan fingerprint density at radius 3 is 1.00 bits per heavy atom. The molecule has 0 saturated heterocycles. The van der Waals surface area contributed by atoms with Crippen LogP contribution in [-0.4, -0.2) is 24.5 Å². The summed E-state index contributed by atoms with van der Waals surface area (Å²) in [5.41, 5.74) is 0. The van der Waals surface area contributed by atoms with E-state index in [0.29, 0.717) is 0 Å². The Bertz CT molecular complexity index is 229. The third kappa shape index (κ3) is 6.31. The summed E-state index contributed by atoms with van der Waals surface area (Å²) in [6.45, 7) is 0. The predicted molar refractivity (Wildman–Crippen MR) is 29.2 cm³/mol. The van der Waals surface area contributed by atoms with Crippen molar-refractivity contribution in [3.05, 3.63) is 0 Å². The second kappa shape index (κ2) is 3.88. The van der Waals surface area contributed by atoms with Gasteiger partial charge in [0.1, 0.15) is 0 Å². The third-order valence-corrected chi connectivity index (χ3v) is 0.620. The summed E-state index contributed by atoms with van der Waals surface area (Å²) in [5.74, 6) is -5.95. The standard InChI is InChI=1S/C4F8N2/c5-1(13-3(7,8)9)2(6)14-4(10,11)12/b13-1-,14-2-. The van der Waals surface area contributed by atoms with Crippen molar-refractivity contribution in [1.82, 2.24) is 0 Å². The second-order valence-corrected chi connectivity index (χ2v) is 1.74. The zero-order chi connectivity index (χ0) is 11.6. The van der Waals surface area contributed by atoms with Gasteiger partial charge in [0.25, 0.3) is 11.9 Å². The van der Waals surface area contributed by atoms with Crippen LogP contribution in [-0.2, 0) is 0 Å². The molecule has 0 rings (SSSR count). The first-order valence-electron chi connectivity index (χ1n) is 2.66. The van der Waals surface area contributed by atoms with Crippen molar-refractivity contribution in [1.29, 1.82) is 0 Å². The van der Waals surface area contributed by atoms with Gasteiger partial charge < -0.3 is 0 Å². The molecule has 0 aromatic heterocycles. The van der Waals surface area contributed by atoms with Crippen LogP contribution < -0.4 is 0 Å². The summed E-state index contributed by atoms with van der Waals surface area (Å²) in [6, 6.07) is 0. The Labute approximate surface area is 70.9 Å². The first kappa shape index (κ1) is 12.8. The summed E-state index contributed by atoms with van der Waals surface area (Å²) in [7, 11) is 0. The molecule has 0 unspecified atom stereocenters. The maximum absolute atomic E-state index is 11.8. The van der Waals surface area contributed by atoms with Crippen LogP contribution in [0.4, 0.5) is 35.1 Å². The summed E-state index contributed by atoms with van der Waals surface area (Å²) < 4.78 is 90.7. The molecule has 0 aliphatic carbocycles. The van der Waals surface area contributed by atoms with Gasteiger partial charge >= 0.3 is 12.6 Å². The fourth-order valence-corrected chi connectivity index (χ4v) is 0.315. The van der Waals surface area contributed by atoms with Gasteiger partial charge in [-0.25, -0.2) is 0 Å². The Morgan fingerprint density at radius 1 is 0.643 bits per heavy atom. The fourth-order valence-electron chi connectivity index (χ4n) is 0.315. The molecule has 0 aliphatic rings. The molecule has 0 aliphatic heterocycles. The van der Waals surface area contributed by atoms with Gasteiger partial charge in [-0.1, -0.05) is 0 Å². The van der Waals surface area contributed by atoms with E-state index in [2.05, 4.69) is 0 Å². The molecular weight excluding hydrogens is 228 g/mol. The van der Waals surface area contributed by atoms with Crippen molar-refractivity contribution in [3.8, 4) is 0 Å². The Balaban J connectivity index is 4.81. The second-order valence-electron chi connectivity index (χ2n) is 1.74. The van der Waals surface area contributed by atoms with Gasteiger partial charge in [-0.05, 0) is 0 Å². The van der Waals surface area contributed by atoms with Crippen molar-refractivity contribution < 1.29 is 35.1 Å². The first-order valence-corrected chi connectivity index (χ1v) is 2.66. The van der Waals surface area contributed by atoms with Gasteiger partial charge in [0.15, 0.2) is 0 Å². The molecule has 14 heavy (non-hydrogen) atoms. The zero-order valence-corrected chi connectivity index (χ0v) is 5.92. The summed E-state index contributed by atoms with van der Waals surface area (Å²) >= 11 is 0. The van der Waals surface area contributed by atoms with Crippen LogP contribution in [0.1, 0.15) is 0 Å². The Kier molecular flexibility index (Phi) is 3.54. The molecule has 0 N–H and O–H groups in total. The van der Waals surface area contributed by atoms with Gasteiger partial charge in [0.2, 0.25) is 0 Å². The van der Waals surface area contributed by atoms with Gasteiger partial charge in [0.05, 0.1) is 0 Å². The first-order chi connectivity index (χ1) is 6.01. The SMILES string of the molecule is FC(=N\C(F)(F)F)/C(F)=N/C(F)(F)F. The average molecular weight is 228 g/mol. The number of halogens is 8. The lowest BCUT2D eigenvalue weighted by molar-refractivity contribution is -0.122. The number of nitrogens with zero attached hydrogens (tertiary/aromatic N) is 2. The molecule has 0 aromatic carbocycles. The minimum atomic E-state index is -5.50. The van der Waals surface area contributed by atoms with E-state index < -0.39 is 24.5 Å². The van der Waals surface area contributed by atoms with Crippen molar-refractivity contribution >= 4 is 11.9 Å². The van der Waals surface area contributed by atoms with Crippen molar-refractivity contribution in [2.45, 2.75) is 12.6 Å². The summed E-state index contributed by atoms with van der Waals surface area (Å²) in [6.07, 6.45) is -11.0. The molecule has 0 radical (unpaired) electrons. The molecular formula is C4F8N2. The van der Waals surface area contributed by atoms with E-state index in [0.717, 1.165) is 9.98 Å². The monoisotopic (exact) mass is 228 g/mol. The van der Waals surface area contributed by atoms with E-state index in [1.54, 1.807) is 0 Å². The fraction of sp³-hybridized carbons (Fsp3) is 0.500. The highest BCUT2D eigenvalue weighted by molar-refractivity contribution is 6.34. The molecule has 0 fully saturated rings. The van der Waals surface area contributed by atoms with E-state index in [1.807, 2.05) is 0 Å². The van der Waals surface area contributed by atoms with Crippen molar-refractivity contribution in [2.75, 3.05) is 0 Å². The predicted octanol–water partition coefficient (Wildman–Crippen LogP) is 2.76. The van der Waals surface area contributed by atoms with Crippen molar-refractivity contribution in [3.63, 3.8) is 0 Å². The van der Waals surface area contributed by atoms with Crippen LogP contribution in [0.2, 0.25) is 0 Å². The lowest BCUT2D eigenvalue weighted by Crippen LogP contribution is -2.15. The van der Waals surface area contributed by atoms with E-state index in [4.69, 9.17) is 0 Å². The minimum Gasteiger partial charge on any atom is -0.180 e. The number of aliphatic imine (C=N–C) groups is 2. The topological polar surface area (TPSA) is 24.7 Å². The molecule has 0 atom stereocenters. The lowest BCUT2D eigenvalue weighted by Gasteiger charge is -1.99. The van der Waals surface area contributed by atoms with E-state index in [9.17, 15) is 35.1 Å². The maximum atomic E-state index is 11.8. The number of hydrogen-bond acceptors (Lipinski definition) is 2. The van der Waals surface area contributed by atoms with Crippen molar-refractivity contribution in [2.24, 2.45) is 9.98 Å². The molecule has 0 heterocycles. The normalized spacial score (nSPS) is 16.0. The Morgan fingerprint density at radius 2 is 0.857 bits per heavy atom. The molecule has 0 bridgehead atoms. The highest BCUT2D eigenvalue weighted by Crippen LogP contribution is 2.20. The van der Waals surface area contributed by atoms with Crippen LogP contribution in [0.25, 0.3) is 0 Å². The van der Waals surface area contributed by atoms with Crippen LogP contribution in [0, 0.1) is 0 Å². The van der Waals surface area contributed by atoms with Gasteiger partial charge in [0, 0.05) is 0 Å². The summed E-state index contributed by atoms with van der Waals surface area (Å²) in [5, 5.41) is 0. The molecule has 0 aromatic rings. The maximum Gasteiger partial charge on any atom is 0.505 e. The van der Waals surface area contributed by atoms with E-state index in [-0.39, 0.29) is 0 Å². The number of alkyl halides is 6. The van der Waals surface area contributed by atoms with Crippen LogP contribution >= 0.6 is 0 Å². The molecule has 2 nitrogen and oxygen atoms in total. The smallest absolute Gasteiger partial charge is 0.180 e. The molecule has 10 heteroatoms. The minimum absolute atomic E-state index is 1.04. The number of rotatable bonds is 1. The molecule has 82 valence electrons. The van der Waals surface area contributed by atoms with Crippen LogP contribution in [0.15, 0.2) is 9.98 Å². The Hall–Kier alpha value is -1.22. The lowest BCUT2D eigenvalue weighted by atomic mass is 10.7. The average Bonchev–Trinajstić information content (AvgIpc) is 1.78. The summed E-state index contributed by atoms with van der Waals surface area (Å²) in [4.78, 5) is 2.08. The van der Waals surface area contributed by atoms with E-state index in [1.165, 1.54) is 0 Å². The van der Waals surface area contributed by atoms with Gasteiger partial charge in [-0.2, -0.15) is 18.8 Å². The third-order valence-electron chi connectivity index (χ3n) is 0.620. The quantitative estimate of drug-likeness (QED) is 0.374. The molecule has 0 amide bonds.